The Bertz CT molecular complexity index is 532. The van der Waals surface area contributed by atoms with Gasteiger partial charge in [-0.3, -0.25) is 4.79 Å². The van der Waals surface area contributed by atoms with Gasteiger partial charge in [-0.15, -0.1) is 0 Å². The Morgan fingerprint density at radius 2 is 1.82 bits per heavy atom. The van der Waals surface area contributed by atoms with E-state index in [9.17, 15) is 14.3 Å². The van der Waals surface area contributed by atoms with Crippen LogP contribution in [0.3, 0.4) is 0 Å². The predicted octanol–water partition coefficient (Wildman–Crippen LogP) is 2.28. The Morgan fingerprint density at radius 3 is 2.45 bits per heavy atom. The van der Waals surface area contributed by atoms with Gasteiger partial charge in [0.05, 0.1) is 0 Å². The second kappa shape index (κ2) is 6.34. The fraction of sp³-hybridized carbons (Fsp3) is 0.588. The number of nitrogens with zero attached hydrogens (tertiary/aromatic N) is 1. The van der Waals surface area contributed by atoms with E-state index in [0.717, 1.165) is 38.9 Å². The van der Waals surface area contributed by atoms with Crippen LogP contribution in [0.5, 0.6) is 0 Å². The van der Waals surface area contributed by atoms with Gasteiger partial charge < -0.3 is 14.7 Å². The number of ether oxygens (including phenoxy) is 1. The van der Waals surface area contributed by atoms with Crippen molar-refractivity contribution in [3.8, 4) is 0 Å². The largest absolute Gasteiger partial charge is 0.381 e. The maximum atomic E-state index is 13.7. The number of rotatable bonds is 2. The Kier molecular flexibility index (Phi) is 4.45. The van der Waals surface area contributed by atoms with Gasteiger partial charge in [0.2, 0.25) is 0 Å². The zero-order valence-electron chi connectivity index (χ0n) is 12.6. The molecule has 120 valence electrons. The normalized spacial score (nSPS) is 22.5. The fourth-order valence-electron chi connectivity index (χ4n) is 3.51. The SMILES string of the molecule is O=C([C@@H](O)c1ccccc1F)N1CCC2(CCOCC2)CC1. The molecule has 1 N–H and O–H groups in total. The number of amides is 1. The van der Waals surface area contributed by atoms with Crippen LogP contribution < -0.4 is 0 Å². The third-order valence-electron chi connectivity index (χ3n) is 5.12. The fourth-order valence-corrected chi connectivity index (χ4v) is 3.51. The molecule has 2 heterocycles. The molecule has 4 nitrogen and oxygen atoms in total. The van der Waals surface area contributed by atoms with E-state index in [0.29, 0.717) is 13.1 Å². The van der Waals surface area contributed by atoms with Crippen molar-refractivity contribution in [2.45, 2.75) is 31.8 Å². The van der Waals surface area contributed by atoms with Gasteiger partial charge in [-0.05, 0) is 37.2 Å². The lowest BCUT2D eigenvalue weighted by molar-refractivity contribution is -0.144. The van der Waals surface area contributed by atoms with Gasteiger partial charge in [0, 0.05) is 31.9 Å². The summed E-state index contributed by atoms with van der Waals surface area (Å²) < 4.78 is 19.1. The highest BCUT2D eigenvalue weighted by Gasteiger charge is 2.38. The molecule has 2 aliphatic heterocycles. The standard InChI is InChI=1S/C17H22FNO3/c18-14-4-2-1-3-13(14)15(20)16(21)19-9-5-17(6-10-19)7-11-22-12-8-17/h1-4,15,20H,5-12H2/t15-/m0/s1. The van der Waals surface area contributed by atoms with E-state index in [1.54, 1.807) is 17.0 Å². The summed E-state index contributed by atoms with van der Waals surface area (Å²) in [5.74, 6) is -0.937. The van der Waals surface area contributed by atoms with Crippen molar-refractivity contribution >= 4 is 5.91 Å². The van der Waals surface area contributed by atoms with Crippen LogP contribution in [-0.4, -0.2) is 42.2 Å². The molecule has 5 heteroatoms. The zero-order chi connectivity index (χ0) is 15.6. The maximum absolute atomic E-state index is 13.7. The molecular weight excluding hydrogens is 285 g/mol. The lowest BCUT2D eigenvalue weighted by atomic mass is 9.72. The highest BCUT2D eigenvalue weighted by atomic mass is 19.1. The first-order chi connectivity index (χ1) is 10.6. The molecule has 0 aromatic heterocycles. The average molecular weight is 307 g/mol. The van der Waals surface area contributed by atoms with E-state index in [2.05, 4.69) is 0 Å². The molecule has 0 radical (unpaired) electrons. The maximum Gasteiger partial charge on any atom is 0.256 e. The molecule has 22 heavy (non-hydrogen) atoms. The first kappa shape index (κ1) is 15.4. The quantitative estimate of drug-likeness (QED) is 0.912. The first-order valence-electron chi connectivity index (χ1n) is 7.90. The first-order valence-corrected chi connectivity index (χ1v) is 7.90. The van der Waals surface area contributed by atoms with Gasteiger partial charge in [-0.2, -0.15) is 0 Å². The summed E-state index contributed by atoms with van der Waals surface area (Å²) in [7, 11) is 0. The number of aliphatic hydroxyl groups is 1. The van der Waals surface area contributed by atoms with Crippen LogP contribution in [0.25, 0.3) is 0 Å². The molecule has 2 fully saturated rings. The number of piperidine rings is 1. The van der Waals surface area contributed by atoms with Crippen molar-refractivity contribution in [1.29, 1.82) is 0 Å². The molecule has 0 unspecified atom stereocenters. The zero-order valence-corrected chi connectivity index (χ0v) is 12.6. The third-order valence-corrected chi connectivity index (χ3v) is 5.12. The highest BCUT2D eigenvalue weighted by Crippen LogP contribution is 2.41. The van der Waals surface area contributed by atoms with E-state index < -0.39 is 17.8 Å². The van der Waals surface area contributed by atoms with Crippen LogP contribution in [0, 0.1) is 11.2 Å². The number of hydrogen-bond acceptors (Lipinski definition) is 3. The molecule has 0 saturated carbocycles. The van der Waals surface area contributed by atoms with Crippen molar-refractivity contribution in [3.63, 3.8) is 0 Å². The van der Waals surface area contributed by atoms with Gasteiger partial charge >= 0.3 is 0 Å². The van der Waals surface area contributed by atoms with Gasteiger partial charge in [-0.25, -0.2) is 4.39 Å². The van der Waals surface area contributed by atoms with E-state index in [1.807, 2.05) is 0 Å². The van der Waals surface area contributed by atoms with E-state index in [1.165, 1.54) is 12.1 Å². The molecule has 2 saturated heterocycles. The number of hydrogen-bond donors (Lipinski definition) is 1. The molecule has 0 aliphatic carbocycles. The van der Waals surface area contributed by atoms with Crippen molar-refractivity contribution in [2.75, 3.05) is 26.3 Å². The van der Waals surface area contributed by atoms with Crippen LogP contribution in [0.1, 0.15) is 37.4 Å². The van der Waals surface area contributed by atoms with E-state index in [4.69, 9.17) is 4.74 Å². The van der Waals surface area contributed by atoms with Gasteiger partial charge in [0.15, 0.2) is 6.10 Å². The van der Waals surface area contributed by atoms with Gasteiger partial charge in [0.1, 0.15) is 5.82 Å². The van der Waals surface area contributed by atoms with Crippen LogP contribution in [-0.2, 0) is 9.53 Å². The number of carbonyl (C=O) groups excluding carboxylic acids is 1. The molecule has 1 spiro atoms. The second-order valence-electron chi connectivity index (χ2n) is 6.36. The van der Waals surface area contributed by atoms with Gasteiger partial charge in [-0.1, -0.05) is 18.2 Å². The van der Waals surface area contributed by atoms with Crippen LogP contribution in [0.2, 0.25) is 0 Å². The second-order valence-corrected chi connectivity index (χ2v) is 6.36. The average Bonchev–Trinajstić information content (AvgIpc) is 2.55. The Balaban J connectivity index is 1.63. The van der Waals surface area contributed by atoms with Gasteiger partial charge in [0.25, 0.3) is 5.91 Å². The Hall–Kier alpha value is -1.46. The van der Waals surface area contributed by atoms with Crippen molar-refractivity contribution in [2.24, 2.45) is 5.41 Å². The lowest BCUT2D eigenvalue weighted by Crippen LogP contribution is -2.46. The van der Waals surface area contributed by atoms with Crippen molar-refractivity contribution in [3.05, 3.63) is 35.6 Å². The van der Waals surface area contributed by atoms with Crippen LogP contribution in [0.15, 0.2) is 24.3 Å². The monoisotopic (exact) mass is 307 g/mol. The minimum atomic E-state index is -1.41. The topological polar surface area (TPSA) is 49.8 Å². The molecule has 0 bridgehead atoms. The summed E-state index contributed by atoms with van der Waals surface area (Å²) in [5.41, 5.74) is 0.344. The summed E-state index contributed by atoms with van der Waals surface area (Å²) in [5, 5.41) is 10.2. The highest BCUT2D eigenvalue weighted by molar-refractivity contribution is 5.82. The molecular formula is C17H22FNO3. The predicted molar refractivity (Wildman–Crippen MR) is 79.7 cm³/mol. The number of carbonyl (C=O) groups is 1. The number of likely N-dealkylation sites (tertiary alicyclic amines) is 1. The number of aliphatic hydroxyl groups excluding tert-OH is 1. The summed E-state index contributed by atoms with van der Waals surface area (Å²) in [6.07, 6.45) is 2.55. The molecule has 1 amide bonds. The third kappa shape index (κ3) is 3.01. The van der Waals surface area contributed by atoms with Crippen LogP contribution in [0.4, 0.5) is 4.39 Å². The smallest absolute Gasteiger partial charge is 0.256 e. The minimum absolute atomic E-state index is 0.0545. The summed E-state index contributed by atoms with van der Waals surface area (Å²) >= 11 is 0. The van der Waals surface area contributed by atoms with Crippen molar-refractivity contribution < 1.29 is 19.0 Å². The molecule has 1 aromatic carbocycles. The van der Waals surface area contributed by atoms with E-state index >= 15 is 0 Å². The number of halogens is 1. The molecule has 1 aromatic rings. The molecule has 1 atom stereocenters. The Morgan fingerprint density at radius 1 is 1.18 bits per heavy atom. The Labute approximate surface area is 129 Å². The molecule has 2 aliphatic rings. The summed E-state index contributed by atoms with van der Waals surface area (Å²) in [4.78, 5) is 14.1. The summed E-state index contributed by atoms with van der Waals surface area (Å²) in [6.45, 7) is 2.85. The van der Waals surface area contributed by atoms with Crippen LogP contribution >= 0.6 is 0 Å². The van der Waals surface area contributed by atoms with E-state index in [-0.39, 0.29) is 11.0 Å². The lowest BCUT2D eigenvalue weighted by Gasteiger charge is -2.44. The number of benzene rings is 1. The minimum Gasteiger partial charge on any atom is -0.381 e. The van der Waals surface area contributed by atoms with Crippen molar-refractivity contribution in [1.82, 2.24) is 4.90 Å². The molecule has 3 rings (SSSR count). The summed E-state index contributed by atoms with van der Waals surface area (Å²) in [6, 6.07) is 5.90.